The maximum Gasteiger partial charge on any atom is 0.266 e. The van der Waals surface area contributed by atoms with Gasteiger partial charge in [0.1, 0.15) is 11.4 Å². The van der Waals surface area contributed by atoms with Crippen molar-refractivity contribution in [2.75, 3.05) is 5.32 Å². The summed E-state index contributed by atoms with van der Waals surface area (Å²) in [5, 5.41) is 4.97. The number of amides is 2. The number of aryl methyl sites for hydroxylation is 1. The van der Waals surface area contributed by atoms with Gasteiger partial charge in [0, 0.05) is 17.1 Å². The van der Waals surface area contributed by atoms with E-state index in [1.54, 1.807) is 24.6 Å². The van der Waals surface area contributed by atoms with Gasteiger partial charge < -0.3 is 15.5 Å². The zero-order valence-corrected chi connectivity index (χ0v) is 15.1. The zero-order chi connectivity index (χ0) is 18.7. The highest BCUT2D eigenvalue weighted by atomic mass is 32.1. The van der Waals surface area contributed by atoms with Gasteiger partial charge in [0.25, 0.3) is 11.8 Å². The highest BCUT2D eigenvalue weighted by molar-refractivity contribution is 7.14. The maximum atomic E-state index is 12.3. The standard InChI is InChI=1S/C18H18N4O3S/c1-10-3-5-13(6-4-10)25-11(2)17(24)22-18-21-15(9-26-18)12-7-14(16(19)23)20-8-12/h3-9,11,20H,1-2H3,(H2,19,23)(H,21,22,24)/t11-/m1/s1. The van der Waals surface area contributed by atoms with Gasteiger partial charge in [-0.1, -0.05) is 17.7 Å². The molecule has 1 aromatic carbocycles. The topological polar surface area (TPSA) is 110 Å². The Morgan fingerprint density at radius 1 is 1.31 bits per heavy atom. The second-order valence-electron chi connectivity index (χ2n) is 5.77. The molecule has 3 aromatic rings. The summed E-state index contributed by atoms with van der Waals surface area (Å²) in [4.78, 5) is 30.6. The lowest BCUT2D eigenvalue weighted by Gasteiger charge is -2.13. The number of H-pyrrole nitrogens is 1. The summed E-state index contributed by atoms with van der Waals surface area (Å²) in [6.07, 6.45) is 0.975. The molecular formula is C18H18N4O3S. The van der Waals surface area contributed by atoms with Crippen LogP contribution in [0.15, 0.2) is 41.9 Å². The van der Waals surface area contributed by atoms with Gasteiger partial charge in [-0.15, -0.1) is 11.3 Å². The molecule has 0 spiro atoms. The third-order valence-corrected chi connectivity index (χ3v) is 4.44. The number of carbonyl (C=O) groups is 2. The van der Waals surface area contributed by atoms with Gasteiger partial charge in [0.05, 0.1) is 5.69 Å². The normalized spacial score (nSPS) is 11.8. The highest BCUT2D eigenvalue weighted by Gasteiger charge is 2.17. The molecule has 0 saturated heterocycles. The summed E-state index contributed by atoms with van der Waals surface area (Å²) in [7, 11) is 0. The second-order valence-corrected chi connectivity index (χ2v) is 6.62. The summed E-state index contributed by atoms with van der Waals surface area (Å²) < 4.78 is 5.63. The quantitative estimate of drug-likeness (QED) is 0.619. The van der Waals surface area contributed by atoms with Crippen LogP contribution in [0.2, 0.25) is 0 Å². The number of benzene rings is 1. The molecule has 0 saturated carbocycles. The lowest BCUT2D eigenvalue weighted by Crippen LogP contribution is -2.30. The minimum atomic E-state index is -0.668. The monoisotopic (exact) mass is 370 g/mol. The number of nitrogens with two attached hydrogens (primary N) is 1. The minimum absolute atomic E-state index is 0.293. The summed E-state index contributed by atoms with van der Waals surface area (Å²) in [5.74, 6) is -0.204. The third-order valence-electron chi connectivity index (χ3n) is 3.68. The number of nitrogens with zero attached hydrogens (tertiary/aromatic N) is 1. The number of rotatable bonds is 6. The second kappa shape index (κ2) is 7.40. The van der Waals surface area contributed by atoms with Gasteiger partial charge in [0.2, 0.25) is 0 Å². The average molecular weight is 370 g/mol. The molecule has 134 valence electrons. The van der Waals surface area contributed by atoms with Crippen LogP contribution in [-0.2, 0) is 4.79 Å². The van der Waals surface area contributed by atoms with E-state index in [4.69, 9.17) is 10.5 Å². The molecule has 2 aromatic heterocycles. The number of aromatic nitrogens is 2. The molecule has 8 heteroatoms. The lowest BCUT2D eigenvalue weighted by molar-refractivity contribution is -0.122. The fraction of sp³-hybridized carbons (Fsp3) is 0.167. The predicted octanol–water partition coefficient (Wildman–Crippen LogP) is 2.95. The fourth-order valence-corrected chi connectivity index (χ4v) is 2.95. The van der Waals surface area contributed by atoms with E-state index >= 15 is 0 Å². The van der Waals surface area contributed by atoms with E-state index in [2.05, 4.69) is 15.3 Å². The van der Waals surface area contributed by atoms with Crippen molar-refractivity contribution in [3.8, 4) is 17.0 Å². The van der Waals surface area contributed by atoms with Crippen molar-refractivity contribution in [3.05, 3.63) is 53.2 Å². The van der Waals surface area contributed by atoms with Crippen molar-refractivity contribution in [3.63, 3.8) is 0 Å². The Labute approximate surface area is 154 Å². The first-order valence-electron chi connectivity index (χ1n) is 7.90. The number of hydrogen-bond donors (Lipinski definition) is 3. The van der Waals surface area contributed by atoms with Crippen LogP contribution in [0, 0.1) is 6.92 Å². The molecule has 2 heterocycles. The number of anilines is 1. The highest BCUT2D eigenvalue weighted by Crippen LogP contribution is 2.25. The number of thiazole rings is 1. The van der Waals surface area contributed by atoms with E-state index in [1.165, 1.54) is 11.3 Å². The third kappa shape index (κ3) is 4.09. The Hall–Kier alpha value is -3.13. The summed E-state index contributed by atoms with van der Waals surface area (Å²) in [6.45, 7) is 3.66. The largest absolute Gasteiger partial charge is 0.481 e. The molecule has 0 radical (unpaired) electrons. The van der Waals surface area contributed by atoms with Crippen LogP contribution in [0.4, 0.5) is 5.13 Å². The molecule has 4 N–H and O–H groups in total. The summed E-state index contributed by atoms with van der Waals surface area (Å²) in [6, 6.07) is 9.10. The van der Waals surface area contributed by atoms with Crippen LogP contribution in [0.3, 0.4) is 0 Å². The lowest BCUT2D eigenvalue weighted by atomic mass is 10.2. The number of hydrogen-bond acceptors (Lipinski definition) is 5. The van der Waals surface area contributed by atoms with Crippen LogP contribution in [0.1, 0.15) is 23.0 Å². The number of ether oxygens (including phenoxy) is 1. The van der Waals surface area contributed by atoms with Crippen LogP contribution in [0.25, 0.3) is 11.3 Å². The molecule has 0 aliphatic carbocycles. The van der Waals surface area contributed by atoms with E-state index < -0.39 is 12.0 Å². The van der Waals surface area contributed by atoms with E-state index in [9.17, 15) is 9.59 Å². The van der Waals surface area contributed by atoms with Gasteiger partial charge in [0.15, 0.2) is 11.2 Å². The molecule has 7 nitrogen and oxygen atoms in total. The first-order chi connectivity index (χ1) is 12.4. The van der Waals surface area contributed by atoms with Gasteiger partial charge in [-0.2, -0.15) is 0 Å². The fourth-order valence-electron chi connectivity index (χ4n) is 2.23. The Bertz CT molecular complexity index is 930. The van der Waals surface area contributed by atoms with Crippen molar-refractivity contribution < 1.29 is 14.3 Å². The Morgan fingerprint density at radius 3 is 2.69 bits per heavy atom. The van der Waals surface area contributed by atoms with E-state index in [0.717, 1.165) is 11.1 Å². The van der Waals surface area contributed by atoms with E-state index in [1.807, 2.05) is 31.2 Å². The summed E-state index contributed by atoms with van der Waals surface area (Å²) >= 11 is 1.29. The molecule has 0 aliphatic rings. The van der Waals surface area contributed by atoms with Crippen LogP contribution >= 0.6 is 11.3 Å². The van der Waals surface area contributed by atoms with E-state index in [0.29, 0.717) is 22.3 Å². The average Bonchev–Trinajstić information content (AvgIpc) is 3.26. The number of primary amides is 1. The van der Waals surface area contributed by atoms with Crippen molar-refractivity contribution >= 4 is 28.3 Å². The first-order valence-corrected chi connectivity index (χ1v) is 8.78. The molecule has 0 bridgehead atoms. The van der Waals surface area contributed by atoms with Crippen LogP contribution in [-0.4, -0.2) is 27.9 Å². The molecule has 0 unspecified atom stereocenters. The van der Waals surface area contributed by atoms with Crippen molar-refractivity contribution in [1.29, 1.82) is 0 Å². The Kier molecular flexibility index (Phi) is 5.04. The molecular weight excluding hydrogens is 352 g/mol. The van der Waals surface area contributed by atoms with Crippen LogP contribution < -0.4 is 15.8 Å². The smallest absolute Gasteiger partial charge is 0.266 e. The van der Waals surface area contributed by atoms with Crippen molar-refractivity contribution in [2.24, 2.45) is 5.73 Å². The van der Waals surface area contributed by atoms with Gasteiger partial charge in [-0.3, -0.25) is 14.9 Å². The van der Waals surface area contributed by atoms with Crippen molar-refractivity contribution in [1.82, 2.24) is 9.97 Å². The number of carbonyl (C=O) groups excluding carboxylic acids is 2. The molecule has 0 fully saturated rings. The minimum Gasteiger partial charge on any atom is -0.481 e. The van der Waals surface area contributed by atoms with Gasteiger partial charge in [-0.05, 0) is 32.0 Å². The molecule has 1 atom stereocenters. The molecule has 26 heavy (non-hydrogen) atoms. The predicted molar refractivity (Wildman–Crippen MR) is 100 cm³/mol. The maximum absolute atomic E-state index is 12.3. The Balaban J connectivity index is 1.63. The van der Waals surface area contributed by atoms with Gasteiger partial charge >= 0.3 is 0 Å². The molecule has 2 amide bonds. The summed E-state index contributed by atoms with van der Waals surface area (Å²) in [5.41, 5.74) is 8.01. The first kappa shape index (κ1) is 17.7. The van der Waals surface area contributed by atoms with E-state index in [-0.39, 0.29) is 5.91 Å². The zero-order valence-electron chi connectivity index (χ0n) is 14.3. The molecule has 0 aliphatic heterocycles. The Morgan fingerprint density at radius 2 is 2.04 bits per heavy atom. The molecule has 3 rings (SSSR count). The van der Waals surface area contributed by atoms with Gasteiger partial charge in [-0.25, -0.2) is 4.98 Å². The van der Waals surface area contributed by atoms with Crippen LogP contribution in [0.5, 0.6) is 5.75 Å². The number of aromatic amines is 1. The number of nitrogens with one attached hydrogen (secondary N) is 2. The van der Waals surface area contributed by atoms with Crippen molar-refractivity contribution in [2.45, 2.75) is 20.0 Å². The SMILES string of the molecule is Cc1ccc(O[C@H](C)C(=O)Nc2nc(-c3c[nH]c(C(N)=O)c3)cs2)cc1.